The molecule has 4 heterocycles. The van der Waals surface area contributed by atoms with E-state index in [0.717, 1.165) is 115 Å². The number of para-hydroxylation sites is 6. The molecule has 4 aromatic heterocycles. The molecule has 10 aromatic carbocycles. The van der Waals surface area contributed by atoms with Crippen LogP contribution in [0, 0.1) is 17.9 Å². The normalized spacial score (nSPS) is 11.8. The van der Waals surface area contributed by atoms with Gasteiger partial charge in [0.25, 0.3) is 0 Å². The smallest absolute Gasteiger partial charge is 0.214 e. The summed E-state index contributed by atoms with van der Waals surface area (Å²) in [7, 11) is 0. The van der Waals surface area contributed by atoms with Gasteiger partial charge < -0.3 is 18.3 Å². The summed E-state index contributed by atoms with van der Waals surface area (Å²) < 4.78 is 9.44. The van der Waals surface area contributed by atoms with E-state index in [1.165, 1.54) is 0 Å². The fourth-order valence-corrected chi connectivity index (χ4v) is 11.3. The lowest BCUT2D eigenvalue weighted by molar-refractivity contribution is 1.10. The third-order valence-electron chi connectivity index (χ3n) is 14.0. The summed E-state index contributed by atoms with van der Waals surface area (Å²) >= 11 is 0. The van der Waals surface area contributed by atoms with Gasteiger partial charge in [-0.05, 0) is 72.3 Å². The average molecular weight is 865 g/mol. The maximum atomic E-state index is 11.4. The Morgan fingerprint density at radius 1 is 0.368 bits per heavy atom. The molecule has 0 saturated heterocycles. The molecule has 0 unspecified atom stereocenters. The van der Waals surface area contributed by atoms with Crippen LogP contribution in [-0.2, 0) is 0 Å². The number of hydrogen-bond acceptors (Lipinski definition) is 1. The minimum absolute atomic E-state index is 0.382. The minimum atomic E-state index is 0.382. The van der Waals surface area contributed by atoms with Gasteiger partial charge in [-0.25, -0.2) is 4.85 Å². The van der Waals surface area contributed by atoms with Crippen LogP contribution in [0.3, 0.4) is 0 Å². The van der Waals surface area contributed by atoms with Crippen molar-refractivity contribution >= 4 is 92.9 Å². The lowest BCUT2D eigenvalue weighted by atomic mass is 9.95. The van der Waals surface area contributed by atoms with E-state index in [0.29, 0.717) is 16.9 Å². The Labute approximate surface area is 390 Å². The third kappa shape index (κ3) is 5.09. The highest BCUT2D eigenvalue weighted by atomic mass is 15.1. The number of nitriles is 1. The van der Waals surface area contributed by atoms with Crippen molar-refractivity contribution in [3.63, 3.8) is 0 Å². The van der Waals surface area contributed by atoms with E-state index in [1.807, 2.05) is 24.3 Å². The van der Waals surface area contributed by atoms with Crippen LogP contribution < -0.4 is 0 Å². The first kappa shape index (κ1) is 37.7. The first-order valence-electron chi connectivity index (χ1n) is 22.8. The molecule has 14 aromatic rings. The van der Waals surface area contributed by atoms with Gasteiger partial charge >= 0.3 is 0 Å². The van der Waals surface area contributed by atoms with E-state index in [1.54, 1.807) is 0 Å². The number of nitrogens with zero attached hydrogens (tertiary/aromatic N) is 6. The van der Waals surface area contributed by atoms with E-state index < -0.39 is 0 Å². The summed E-state index contributed by atoms with van der Waals surface area (Å²) in [5.74, 6) is 0. The second-order valence-electron chi connectivity index (χ2n) is 17.4. The Hall–Kier alpha value is -9.62. The largest absolute Gasteiger partial charge is 0.316 e. The summed E-state index contributed by atoms with van der Waals surface area (Å²) in [6.07, 6.45) is 0. The SMILES string of the molecule is [C-]#[N+]c1cc(C#N)c(-c2ccccc2)c(-n2c3ccccc3c3ccc4c(c5ccccc5n4-c4ccccc4)c32)c1-n1c2ccccc2c2ccc3c(c4ccccc4n3-c3ccccc3)c21. The van der Waals surface area contributed by atoms with Crippen molar-refractivity contribution in [2.24, 2.45) is 0 Å². The fraction of sp³-hybridized carbons (Fsp3) is 0. The second kappa shape index (κ2) is 14.4. The fourth-order valence-electron chi connectivity index (χ4n) is 11.3. The molecule has 0 aliphatic carbocycles. The van der Waals surface area contributed by atoms with Gasteiger partial charge in [-0.3, -0.25) is 0 Å². The number of fused-ring (bicyclic) bond motifs is 14. The van der Waals surface area contributed by atoms with Gasteiger partial charge in [0.2, 0.25) is 5.69 Å². The van der Waals surface area contributed by atoms with Crippen LogP contribution in [0.2, 0.25) is 0 Å². The van der Waals surface area contributed by atoms with Crippen LogP contribution in [0.1, 0.15) is 5.56 Å². The van der Waals surface area contributed by atoms with Crippen LogP contribution >= 0.6 is 0 Å². The molecule has 0 spiro atoms. The molecular weight excluding hydrogens is 829 g/mol. The van der Waals surface area contributed by atoms with Crippen molar-refractivity contribution in [2.45, 2.75) is 0 Å². The zero-order valence-corrected chi connectivity index (χ0v) is 36.5. The molecule has 14 rings (SSSR count). The molecule has 0 aliphatic rings. The maximum Gasteiger partial charge on any atom is 0.214 e. The summed E-state index contributed by atoms with van der Waals surface area (Å²) in [5.41, 5.74) is 14.3. The van der Waals surface area contributed by atoms with E-state index in [-0.39, 0.29) is 0 Å². The van der Waals surface area contributed by atoms with E-state index in [4.69, 9.17) is 6.57 Å². The van der Waals surface area contributed by atoms with Gasteiger partial charge in [0.1, 0.15) is 0 Å². The zero-order valence-electron chi connectivity index (χ0n) is 36.5. The molecule has 0 radical (unpaired) electrons. The summed E-state index contributed by atoms with van der Waals surface area (Å²) in [6.45, 7) is 9.13. The van der Waals surface area contributed by atoms with E-state index in [2.05, 4.69) is 223 Å². The molecule has 0 aliphatic heterocycles. The first-order valence-corrected chi connectivity index (χ1v) is 22.8. The predicted octanol–water partition coefficient (Wildman–Crippen LogP) is 16.2. The monoisotopic (exact) mass is 864 g/mol. The lowest BCUT2D eigenvalue weighted by Gasteiger charge is -2.24. The Morgan fingerprint density at radius 2 is 0.765 bits per heavy atom. The van der Waals surface area contributed by atoms with Crippen molar-refractivity contribution in [3.05, 3.63) is 235 Å². The molecule has 0 atom stereocenters. The lowest BCUT2D eigenvalue weighted by Crippen LogP contribution is -2.08. The highest BCUT2D eigenvalue weighted by molar-refractivity contribution is 6.28. The average Bonchev–Trinajstić information content (AvgIpc) is 4.13. The van der Waals surface area contributed by atoms with Crippen LogP contribution in [0.4, 0.5) is 5.69 Å². The maximum absolute atomic E-state index is 11.4. The van der Waals surface area contributed by atoms with Crippen molar-refractivity contribution in [2.75, 3.05) is 0 Å². The molecule has 6 nitrogen and oxygen atoms in total. The Bertz CT molecular complexity index is 4500. The Morgan fingerprint density at radius 3 is 1.22 bits per heavy atom. The van der Waals surface area contributed by atoms with Gasteiger partial charge in [0, 0.05) is 60.0 Å². The Kier molecular flexibility index (Phi) is 8.01. The van der Waals surface area contributed by atoms with Crippen LogP contribution in [-0.4, -0.2) is 18.3 Å². The van der Waals surface area contributed by atoms with Gasteiger partial charge in [0.15, 0.2) is 0 Å². The standard InChI is InChI=1S/C62H36N6/c1-64-49-37-40(38-63)56(39-19-5-2-6-20-39)62(68-51-30-16-12-26-44(51)46-34-36-55-58(60(46)68)48-28-14-18-32-53(48)66(55)42-23-9-4-10-24-42)61(49)67-50-29-15-11-25-43(50)45-33-35-54-57(59(45)67)47-27-13-17-31-52(47)65(54)41-21-7-3-8-22-41/h2-37H. The van der Waals surface area contributed by atoms with Crippen molar-refractivity contribution in [1.82, 2.24) is 18.3 Å². The molecule has 6 heteroatoms. The van der Waals surface area contributed by atoms with Gasteiger partial charge in [-0.15, -0.1) is 0 Å². The van der Waals surface area contributed by atoms with Crippen LogP contribution in [0.5, 0.6) is 0 Å². The first-order chi connectivity index (χ1) is 33.7. The molecule has 314 valence electrons. The topological polar surface area (TPSA) is 47.9 Å². The molecule has 0 amide bonds. The van der Waals surface area contributed by atoms with Crippen molar-refractivity contribution in [3.8, 4) is 39.9 Å². The summed E-state index contributed by atoms with van der Waals surface area (Å²) in [4.78, 5) is 4.42. The van der Waals surface area contributed by atoms with Gasteiger partial charge in [-0.1, -0.05) is 152 Å². The number of benzene rings is 10. The zero-order chi connectivity index (χ0) is 45.0. The van der Waals surface area contributed by atoms with Crippen LogP contribution in [0.15, 0.2) is 218 Å². The molecule has 0 N–H and O–H groups in total. The quantitative estimate of drug-likeness (QED) is 0.159. The highest BCUT2D eigenvalue weighted by Gasteiger charge is 2.30. The molecule has 68 heavy (non-hydrogen) atoms. The highest BCUT2D eigenvalue weighted by Crippen LogP contribution is 2.51. The molecule has 0 fully saturated rings. The predicted molar refractivity (Wildman–Crippen MR) is 280 cm³/mol. The molecule has 0 saturated carbocycles. The summed E-state index contributed by atoms with van der Waals surface area (Å²) in [5, 5.41) is 20.0. The summed E-state index contributed by atoms with van der Waals surface area (Å²) in [6, 6.07) is 79.2. The second-order valence-corrected chi connectivity index (χ2v) is 17.4. The van der Waals surface area contributed by atoms with Crippen LogP contribution in [0.25, 0.3) is 126 Å². The third-order valence-corrected chi connectivity index (χ3v) is 14.0. The van der Waals surface area contributed by atoms with Crippen molar-refractivity contribution < 1.29 is 0 Å². The van der Waals surface area contributed by atoms with Gasteiger partial charge in [0.05, 0.1) is 73.7 Å². The molecular formula is C62H36N6. The molecule has 0 bridgehead atoms. The number of rotatable bonds is 5. The van der Waals surface area contributed by atoms with Crippen molar-refractivity contribution in [1.29, 1.82) is 5.26 Å². The minimum Gasteiger partial charge on any atom is -0.316 e. The van der Waals surface area contributed by atoms with Gasteiger partial charge in [-0.2, -0.15) is 5.26 Å². The Balaban J connectivity index is 1.27. The van der Waals surface area contributed by atoms with E-state index in [9.17, 15) is 5.26 Å². The number of aromatic nitrogens is 4. The number of hydrogen-bond donors (Lipinski definition) is 0. The van der Waals surface area contributed by atoms with E-state index >= 15 is 0 Å².